The predicted octanol–water partition coefficient (Wildman–Crippen LogP) is 1.68. The van der Waals surface area contributed by atoms with E-state index in [9.17, 15) is 0 Å². The van der Waals surface area contributed by atoms with Crippen LogP contribution in [0.3, 0.4) is 0 Å². The summed E-state index contributed by atoms with van der Waals surface area (Å²) in [4.78, 5) is 0. The molecule has 0 bridgehead atoms. The first-order valence-corrected chi connectivity index (χ1v) is 5.49. The normalized spacial score (nSPS) is 9.94. The molecule has 0 aliphatic rings. The van der Waals surface area contributed by atoms with Gasteiger partial charge in [0.05, 0.1) is 13.3 Å². The molecule has 0 aliphatic carbocycles. The van der Waals surface area contributed by atoms with E-state index in [0.717, 1.165) is 11.3 Å². The fourth-order valence-corrected chi connectivity index (χ4v) is 1.20. The molecule has 2 N–H and O–H groups in total. The van der Waals surface area contributed by atoms with Crippen LogP contribution in [0.1, 0.15) is 5.56 Å². The van der Waals surface area contributed by atoms with Gasteiger partial charge < -0.3 is 10.1 Å². The van der Waals surface area contributed by atoms with Gasteiger partial charge >= 0.3 is 0 Å². The Balaban J connectivity index is 2.42. The van der Waals surface area contributed by atoms with Crippen molar-refractivity contribution in [2.24, 2.45) is 5.10 Å². The molecule has 0 saturated heterocycles. The molecule has 4 nitrogen and oxygen atoms in total. The first-order chi connectivity index (χ1) is 8.26. The van der Waals surface area contributed by atoms with Crippen LogP contribution in [0.2, 0.25) is 0 Å². The van der Waals surface area contributed by atoms with E-state index in [1.807, 2.05) is 24.3 Å². The van der Waals surface area contributed by atoms with Gasteiger partial charge in [0, 0.05) is 6.54 Å². The van der Waals surface area contributed by atoms with E-state index in [1.165, 1.54) is 0 Å². The van der Waals surface area contributed by atoms with Crippen molar-refractivity contribution >= 4 is 23.5 Å². The van der Waals surface area contributed by atoms with Crippen molar-refractivity contribution in [1.29, 1.82) is 0 Å². The molecule has 0 radical (unpaired) electrons. The number of hydrazone groups is 1. The minimum atomic E-state index is 0.467. The summed E-state index contributed by atoms with van der Waals surface area (Å²) in [6, 6.07) is 7.56. The van der Waals surface area contributed by atoms with Crippen LogP contribution < -0.4 is 15.5 Å². The Morgan fingerprint density at radius 3 is 2.76 bits per heavy atom. The van der Waals surface area contributed by atoms with Crippen LogP contribution in [0.5, 0.6) is 5.75 Å². The SMILES string of the molecule is C=CCNC(=S)N/N=C/c1ccc(OC)cc1. The molecule has 5 heteroatoms. The van der Waals surface area contributed by atoms with Crippen LogP contribution in [0.25, 0.3) is 0 Å². The Hall–Kier alpha value is -1.88. The summed E-state index contributed by atoms with van der Waals surface area (Å²) in [6.45, 7) is 4.19. The summed E-state index contributed by atoms with van der Waals surface area (Å²) in [5.41, 5.74) is 3.67. The maximum atomic E-state index is 5.06. The van der Waals surface area contributed by atoms with Crippen molar-refractivity contribution in [2.45, 2.75) is 0 Å². The van der Waals surface area contributed by atoms with Gasteiger partial charge in [0.2, 0.25) is 0 Å². The lowest BCUT2D eigenvalue weighted by Crippen LogP contribution is -2.31. The van der Waals surface area contributed by atoms with Crippen molar-refractivity contribution in [3.8, 4) is 5.75 Å². The maximum Gasteiger partial charge on any atom is 0.187 e. The van der Waals surface area contributed by atoms with Crippen LogP contribution in [-0.4, -0.2) is 25.0 Å². The van der Waals surface area contributed by atoms with Crippen LogP contribution in [0.4, 0.5) is 0 Å². The third-order valence-corrected chi connectivity index (χ3v) is 2.14. The van der Waals surface area contributed by atoms with E-state index < -0.39 is 0 Å². The average Bonchev–Trinajstić information content (AvgIpc) is 2.37. The van der Waals surface area contributed by atoms with Crippen LogP contribution in [-0.2, 0) is 0 Å². The number of nitrogens with zero attached hydrogens (tertiary/aromatic N) is 1. The van der Waals surface area contributed by atoms with E-state index >= 15 is 0 Å². The second kappa shape index (κ2) is 7.40. The molecule has 0 spiro atoms. The van der Waals surface area contributed by atoms with Crippen molar-refractivity contribution in [2.75, 3.05) is 13.7 Å². The Bertz CT molecular complexity index is 401. The molecule has 0 aromatic heterocycles. The number of hydrogen-bond acceptors (Lipinski definition) is 3. The lowest BCUT2D eigenvalue weighted by molar-refractivity contribution is 0.415. The van der Waals surface area contributed by atoms with E-state index in [0.29, 0.717) is 11.7 Å². The molecule has 0 atom stereocenters. The molecular weight excluding hydrogens is 234 g/mol. The number of methoxy groups -OCH3 is 1. The van der Waals surface area contributed by atoms with Gasteiger partial charge in [-0.25, -0.2) is 0 Å². The fraction of sp³-hybridized carbons (Fsp3) is 0.167. The van der Waals surface area contributed by atoms with Gasteiger partial charge in [-0.3, -0.25) is 5.43 Å². The zero-order valence-electron chi connectivity index (χ0n) is 9.64. The van der Waals surface area contributed by atoms with Crippen LogP contribution >= 0.6 is 12.2 Å². The summed E-state index contributed by atoms with van der Waals surface area (Å²) < 4.78 is 5.06. The molecule has 0 saturated carbocycles. The molecule has 1 aromatic rings. The quantitative estimate of drug-likeness (QED) is 0.361. The molecule has 0 heterocycles. The summed E-state index contributed by atoms with van der Waals surface area (Å²) in [5.74, 6) is 0.818. The highest BCUT2D eigenvalue weighted by Crippen LogP contribution is 2.09. The van der Waals surface area contributed by atoms with Crippen molar-refractivity contribution in [3.05, 3.63) is 42.5 Å². The maximum absolute atomic E-state index is 5.06. The molecule has 0 unspecified atom stereocenters. The third-order valence-electron chi connectivity index (χ3n) is 1.90. The number of benzene rings is 1. The molecular formula is C12H15N3OS. The first kappa shape index (κ1) is 13.2. The predicted molar refractivity (Wildman–Crippen MR) is 74.5 cm³/mol. The zero-order valence-corrected chi connectivity index (χ0v) is 10.5. The van der Waals surface area contributed by atoms with Gasteiger partial charge in [0.15, 0.2) is 5.11 Å². The number of ether oxygens (including phenoxy) is 1. The van der Waals surface area contributed by atoms with Gasteiger partial charge in [0.25, 0.3) is 0 Å². The zero-order chi connectivity index (χ0) is 12.5. The molecule has 1 aromatic carbocycles. The second-order valence-electron chi connectivity index (χ2n) is 3.14. The lowest BCUT2D eigenvalue weighted by atomic mass is 10.2. The fourth-order valence-electron chi connectivity index (χ4n) is 1.06. The van der Waals surface area contributed by atoms with Crippen molar-refractivity contribution in [1.82, 2.24) is 10.7 Å². The summed E-state index contributed by atoms with van der Waals surface area (Å²) in [6.07, 6.45) is 3.41. The summed E-state index contributed by atoms with van der Waals surface area (Å²) in [7, 11) is 1.63. The highest BCUT2D eigenvalue weighted by atomic mass is 32.1. The molecule has 17 heavy (non-hydrogen) atoms. The Morgan fingerprint density at radius 1 is 1.47 bits per heavy atom. The standard InChI is InChI=1S/C12H15N3OS/c1-3-8-13-12(17)15-14-9-10-4-6-11(16-2)7-5-10/h3-7,9H,1,8H2,2H3,(H2,13,15,17)/b14-9+. The minimum absolute atomic E-state index is 0.467. The van der Waals surface area contributed by atoms with Gasteiger partial charge in [-0.05, 0) is 42.0 Å². The smallest absolute Gasteiger partial charge is 0.187 e. The highest BCUT2D eigenvalue weighted by molar-refractivity contribution is 7.80. The van der Waals surface area contributed by atoms with E-state index in [2.05, 4.69) is 22.4 Å². The minimum Gasteiger partial charge on any atom is -0.497 e. The number of rotatable bonds is 5. The average molecular weight is 249 g/mol. The van der Waals surface area contributed by atoms with Gasteiger partial charge in [-0.2, -0.15) is 5.10 Å². The van der Waals surface area contributed by atoms with E-state index in [1.54, 1.807) is 19.4 Å². The van der Waals surface area contributed by atoms with E-state index in [-0.39, 0.29) is 0 Å². The second-order valence-corrected chi connectivity index (χ2v) is 3.55. The third kappa shape index (κ3) is 5.12. The number of thiocarbonyl (C=S) groups is 1. The molecule has 0 amide bonds. The van der Waals surface area contributed by atoms with Gasteiger partial charge in [-0.1, -0.05) is 6.08 Å². The molecule has 0 fully saturated rings. The van der Waals surface area contributed by atoms with E-state index in [4.69, 9.17) is 17.0 Å². The topological polar surface area (TPSA) is 45.7 Å². The summed E-state index contributed by atoms with van der Waals surface area (Å²) in [5, 5.41) is 7.37. The molecule has 90 valence electrons. The van der Waals surface area contributed by atoms with Crippen molar-refractivity contribution in [3.63, 3.8) is 0 Å². The molecule has 0 aliphatic heterocycles. The highest BCUT2D eigenvalue weighted by Gasteiger charge is 1.91. The number of nitrogens with one attached hydrogen (secondary N) is 2. The Morgan fingerprint density at radius 2 is 2.18 bits per heavy atom. The Labute approximate surface area is 106 Å². The van der Waals surface area contributed by atoms with Crippen LogP contribution in [0.15, 0.2) is 42.0 Å². The van der Waals surface area contributed by atoms with Crippen LogP contribution in [0, 0.1) is 0 Å². The largest absolute Gasteiger partial charge is 0.497 e. The monoisotopic (exact) mass is 249 g/mol. The van der Waals surface area contributed by atoms with Crippen molar-refractivity contribution < 1.29 is 4.74 Å². The number of hydrogen-bond donors (Lipinski definition) is 2. The van der Waals surface area contributed by atoms with Gasteiger partial charge in [0.1, 0.15) is 5.75 Å². The summed E-state index contributed by atoms with van der Waals surface area (Å²) >= 11 is 4.97. The first-order valence-electron chi connectivity index (χ1n) is 5.08. The molecule has 1 rings (SSSR count). The Kier molecular flexibility index (Phi) is 5.74. The van der Waals surface area contributed by atoms with Gasteiger partial charge in [-0.15, -0.1) is 6.58 Å². The lowest BCUT2D eigenvalue weighted by Gasteiger charge is -2.03.